The molecule has 0 amide bonds. The first-order chi connectivity index (χ1) is 13.1. The maximum atomic E-state index is 12.2. The molecular formula is C24H37FO2. The number of alkyl halides is 1. The summed E-state index contributed by atoms with van der Waals surface area (Å²) in [6.45, 7) is 6.89. The second-order valence-corrected chi connectivity index (χ2v) is 8.37. The van der Waals surface area contributed by atoms with Crippen LogP contribution in [0.1, 0.15) is 68.9 Å². The normalized spacial score (nSPS) is 21.1. The van der Waals surface area contributed by atoms with Crippen molar-refractivity contribution in [2.75, 3.05) is 26.5 Å². The highest BCUT2D eigenvalue weighted by molar-refractivity contribution is 5.26. The minimum Gasteiger partial charge on any atom is -0.396 e. The van der Waals surface area contributed by atoms with Gasteiger partial charge in [0.1, 0.15) is 0 Å². The van der Waals surface area contributed by atoms with Gasteiger partial charge in [0.15, 0.2) is 0 Å². The largest absolute Gasteiger partial charge is 0.396 e. The zero-order chi connectivity index (χ0) is 19.5. The van der Waals surface area contributed by atoms with Crippen molar-refractivity contribution in [3.05, 3.63) is 47.5 Å². The molecule has 0 aliphatic heterocycles. The molecule has 0 spiro atoms. The topological polar surface area (TPSA) is 29.5 Å². The fourth-order valence-corrected chi connectivity index (χ4v) is 4.15. The summed E-state index contributed by atoms with van der Waals surface area (Å²) in [7, 11) is 0. The van der Waals surface area contributed by atoms with Crippen LogP contribution >= 0.6 is 0 Å². The van der Waals surface area contributed by atoms with Crippen LogP contribution in [0, 0.1) is 11.8 Å². The molecule has 2 rings (SSSR count). The Balaban J connectivity index is 1.77. The molecule has 0 saturated heterocycles. The third kappa shape index (κ3) is 8.15. The SMILES string of the molecule is C=C(C)COCC(CO)Cc1ccc(C2CCC(CCCCF)CC2)cc1. The van der Waals surface area contributed by atoms with E-state index in [4.69, 9.17) is 4.74 Å². The quantitative estimate of drug-likeness (QED) is 0.366. The van der Waals surface area contributed by atoms with Crippen molar-refractivity contribution in [3.8, 4) is 0 Å². The molecule has 1 aromatic carbocycles. The molecule has 1 N–H and O–H groups in total. The molecule has 0 bridgehead atoms. The Kier molecular flexibility index (Phi) is 10.1. The van der Waals surface area contributed by atoms with Gasteiger partial charge in [0.25, 0.3) is 0 Å². The van der Waals surface area contributed by atoms with Gasteiger partial charge >= 0.3 is 0 Å². The molecule has 1 saturated carbocycles. The van der Waals surface area contributed by atoms with Gasteiger partial charge in [-0.1, -0.05) is 49.3 Å². The molecule has 152 valence electrons. The molecule has 0 aromatic heterocycles. The zero-order valence-corrected chi connectivity index (χ0v) is 17.0. The summed E-state index contributed by atoms with van der Waals surface area (Å²) < 4.78 is 17.8. The maximum Gasteiger partial charge on any atom is 0.0894 e. The number of hydrogen-bond acceptors (Lipinski definition) is 2. The van der Waals surface area contributed by atoms with Gasteiger partial charge in [-0.25, -0.2) is 0 Å². The van der Waals surface area contributed by atoms with E-state index in [1.807, 2.05) is 6.92 Å². The Morgan fingerprint density at radius 2 is 1.89 bits per heavy atom. The monoisotopic (exact) mass is 376 g/mol. The molecule has 0 heterocycles. The summed E-state index contributed by atoms with van der Waals surface area (Å²) in [5, 5.41) is 9.59. The highest BCUT2D eigenvalue weighted by Gasteiger charge is 2.22. The van der Waals surface area contributed by atoms with Crippen molar-refractivity contribution < 1.29 is 14.2 Å². The Labute approximate surface area is 164 Å². The van der Waals surface area contributed by atoms with Crippen LogP contribution in [0.5, 0.6) is 0 Å². The lowest BCUT2D eigenvalue weighted by Gasteiger charge is -2.29. The molecule has 1 aliphatic carbocycles. The zero-order valence-electron chi connectivity index (χ0n) is 17.0. The van der Waals surface area contributed by atoms with E-state index in [9.17, 15) is 9.50 Å². The number of unbranched alkanes of at least 4 members (excludes halogenated alkanes) is 1. The van der Waals surface area contributed by atoms with E-state index in [-0.39, 0.29) is 19.2 Å². The van der Waals surface area contributed by atoms with Gasteiger partial charge in [-0.15, -0.1) is 0 Å². The summed E-state index contributed by atoms with van der Waals surface area (Å²) in [5.41, 5.74) is 3.71. The smallest absolute Gasteiger partial charge is 0.0894 e. The number of benzene rings is 1. The van der Waals surface area contributed by atoms with Crippen LogP contribution in [0.2, 0.25) is 0 Å². The third-order valence-electron chi connectivity index (χ3n) is 5.78. The van der Waals surface area contributed by atoms with E-state index in [0.29, 0.717) is 19.1 Å². The maximum absolute atomic E-state index is 12.2. The molecule has 0 radical (unpaired) electrons. The Hall–Kier alpha value is -1.19. The van der Waals surface area contributed by atoms with Crippen molar-refractivity contribution in [2.24, 2.45) is 11.8 Å². The van der Waals surface area contributed by atoms with E-state index in [2.05, 4.69) is 30.8 Å². The fraction of sp³-hybridized carbons (Fsp3) is 0.667. The van der Waals surface area contributed by atoms with E-state index >= 15 is 0 Å². The molecule has 1 aromatic rings. The van der Waals surface area contributed by atoms with Crippen LogP contribution in [0.4, 0.5) is 4.39 Å². The Morgan fingerprint density at radius 1 is 1.19 bits per heavy atom. The number of aliphatic hydroxyl groups excluding tert-OH is 1. The van der Waals surface area contributed by atoms with Crippen molar-refractivity contribution in [1.29, 1.82) is 0 Å². The average Bonchev–Trinajstić information content (AvgIpc) is 2.68. The molecule has 1 atom stereocenters. The highest BCUT2D eigenvalue weighted by Crippen LogP contribution is 2.37. The summed E-state index contributed by atoms with van der Waals surface area (Å²) in [6, 6.07) is 8.97. The molecule has 2 nitrogen and oxygen atoms in total. The number of halogens is 1. The van der Waals surface area contributed by atoms with Crippen LogP contribution in [-0.2, 0) is 11.2 Å². The standard InChI is InChI=1S/C24H37FO2/c1-19(2)17-27-18-22(16-26)15-21-8-12-24(13-9-21)23-10-6-20(7-11-23)5-3-4-14-25/h8-9,12-13,20,22-23,26H,1,3-7,10-11,14-18H2,2H3. The first-order valence-corrected chi connectivity index (χ1v) is 10.6. The van der Waals surface area contributed by atoms with Gasteiger partial charge in [0.2, 0.25) is 0 Å². The first-order valence-electron chi connectivity index (χ1n) is 10.6. The number of aliphatic hydroxyl groups is 1. The highest BCUT2D eigenvalue weighted by atomic mass is 19.1. The van der Waals surface area contributed by atoms with E-state index in [1.54, 1.807) is 0 Å². The molecule has 27 heavy (non-hydrogen) atoms. The second kappa shape index (κ2) is 12.3. The van der Waals surface area contributed by atoms with Gasteiger partial charge in [-0.2, -0.15) is 0 Å². The van der Waals surface area contributed by atoms with Crippen LogP contribution in [0.15, 0.2) is 36.4 Å². The van der Waals surface area contributed by atoms with Crippen molar-refractivity contribution in [2.45, 2.75) is 64.2 Å². The lowest BCUT2D eigenvalue weighted by molar-refractivity contribution is 0.0863. The average molecular weight is 377 g/mol. The first kappa shape index (κ1) is 22.1. The van der Waals surface area contributed by atoms with Gasteiger partial charge in [0.05, 0.1) is 19.9 Å². The predicted octanol–water partition coefficient (Wildman–Crippen LogP) is 5.84. The molecule has 1 unspecified atom stereocenters. The third-order valence-corrected chi connectivity index (χ3v) is 5.78. The van der Waals surface area contributed by atoms with Crippen molar-refractivity contribution in [3.63, 3.8) is 0 Å². The lowest BCUT2D eigenvalue weighted by atomic mass is 9.77. The summed E-state index contributed by atoms with van der Waals surface area (Å²) >= 11 is 0. The van der Waals surface area contributed by atoms with Crippen LogP contribution in [0.3, 0.4) is 0 Å². The molecule has 1 aliphatic rings. The minimum absolute atomic E-state index is 0.134. The predicted molar refractivity (Wildman–Crippen MR) is 111 cm³/mol. The number of ether oxygens (including phenoxy) is 1. The van der Waals surface area contributed by atoms with E-state index in [1.165, 1.54) is 43.2 Å². The Bertz CT molecular complexity index is 532. The minimum atomic E-state index is -0.168. The molecular weight excluding hydrogens is 339 g/mol. The summed E-state index contributed by atoms with van der Waals surface area (Å²) in [6.07, 6.45) is 8.90. The van der Waals surface area contributed by atoms with E-state index in [0.717, 1.165) is 30.8 Å². The van der Waals surface area contributed by atoms with Crippen molar-refractivity contribution in [1.82, 2.24) is 0 Å². The summed E-state index contributed by atoms with van der Waals surface area (Å²) in [5.74, 6) is 1.61. The van der Waals surface area contributed by atoms with E-state index < -0.39 is 0 Å². The van der Waals surface area contributed by atoms with Gasteiger partial charge in [0, 0.05) is 12.5 Å². The number of hydrogen-bond donors (Lipinski definition) is 1. The molecule has 1 fully saturated rings. The Morgan fingerprint density at radius 3 is 2.48 bits per heavy atom. The number of rotatable bonds is 12. The second-order valence-electron chi connectivity index (χ2n) is 8.37. The van der Waals surface area contributed by atoms with Gasteiger partial charge in [-0.3, -0.25) is 4.39 Å². The van der Waals surface area contributed by atoms with Crippen LogP contribution in [0.25, 0.3) is 0 Å². The lowest BCUT2D eigenvalue weighted by Crippen LogP contribution is -2.17. The fourth-order valence-electron chi connectivity index (χ4n) is 4.15. The summed E-state index contributed by atoms with van der Waals surface area (Å²) in [4.78, 5) is 0. The van der Waals surface area contributed by atoms with Gasteiger partial charge in [-0.05, 0) is 68.4 Å². The van der Waals surface area contributed by atoms with Crippen LogP contribution < -0.4 is 0 Å². The molecule has 3 heteroatoms. The van der Waals surface area contributed by atoms with Gasteiger partial charge < -0.3 is 9.84 Å². The van der Waals surface area contributed by atoms with Crippen LogP contribution in [-0.4, -0.2) is 31.6 Å². The van der Waals surface area contributed by atoms with Crippen molar-refractivity contribution >= 4 is 0 Å².